The Hall–Kier alpha value is -0.920. The van der Waals surface area contributed by atoms with E-state index < -0.39 is 29.1 Å². The Morgan fingerprint density at radius 2 is 2.07 bits per heavy atom. The molecular weight excluding hydrogens is 212 g/mol. The summed E-state index contributed by atoms with van der Waals surface area (Å²) in [4.78, 5) is 10.9. The second kappa shape index (κ2) is 5.08. The third-order valence-electron chi connectivity index (χ3n) is 1.11. The molecule has 0 saturated heterocycles. The molecule has 0 aliphatic rings. The summed E-state index contributed by atoms with van der Waals surface area (Å²) < 4.78 is 37.1. The van der Waals surface area contributed by atoms with Gasteiger partial charge in [0.05, 0.1) is 0 Å². The quantitative estimate of drug-likeness (QED) is 0.410. The van der Waals surface area contributed by atoms with Crippen LogP contribution in [0, 0.1) is 0 Å². The van der Waals surface area contributed by atoms with E-state index in [0.29, 0.717) is 0 Å². The van der Waals surface area contributed by atoms with Crippen LogP contribution in [0.3, 0.4) is 0 Å². The van der Waals surface area contributed by atoms with Gasteiger partial charge in [0.1, 0.15) is 12.7 Å². The van der Waals surface area contributed by atoms with Gasteiger partial charge < -0.3 is 4.74 Å². The van der Waals surface area contributed by atoms with Gasteiger partial charge in [-0.1, -0.05) is 6.58 Å². The summed E-state index contributed by atoms with van der Waals surface area (Å²) in [5, 5.41) is 0. The first-order chi connectivity index (χ1) is 6.22. The van der Waals surface area contributed by atoms with Gasteiger partial charge in [-0.05, 0) is 13.8 Å². The molecule has 0 aliphatic carbocycles. The number of ether oxygens (including phenoxy) is 1. The number of esters is 1. The highest BCUT2D eigenvalue weighted by Gasteiger charge is 2.13. The lowest BCUT2D eigenvalue weighted by Gasteiger charge is -2.11. The van der Waals surface area contributed by atoms with E-state index in [-0.39, 0.29) is 5.57 Å². The summed E-state index contributed by atoms with van der Waals surface area (Å²) in [6.07, 6.45) is -0.777. The Bertz CT molecular complexity index is 317. The molecule has 0 rings (SSSR count). The van der Waals surface area contributed by atoms with Crippen LogP contribution in [-0.2, 0) is 24.1 Å². The smallest absolute Gasteiger partial charge is 0.397 e. The van der Waals surface area contributed by atoms with Crippen LogP contribution in [0.1, 0.15) is 13.8 Å². The minimum atomic E-state index is -4.49. The van der Waals surface area contributed by atoms with E-state index in [1.54, 1.807) is 0 Å². The van der Waals surface area contributed by atoms with Crippen molar-refractivity contribution in [1.82, 2.24) is 0 Å². The van der Waals surface area contributed by atoms with Crippen LogP contribution >= 0.6 is 0 Å². The molecule has 1 unspecified atom stereocenters. The monoisotopic (exact) mass is 224 g/mol. The van der Waals surface area contributed by atoms with E-state index in [1.165, 1.54) is 13.8 Å². The molecule has 82 valence electrons. The Morgan fingerprint density at radius 3 is 2.43 bits per heavy atom. The first-order valence-electron chi connectivity index (χ1n) is 3.70. The molecule has 0 aromatic rings. The molecule has 0 spiro atoms. The van der Waals surface area contributed by atoms with E-state index >= 15 is 0 Å². The summed E-state index contributed by atoms with van der Waals surface area (Å²) in [5.41, 5.74) is 0.198. The molecule has 0 aromatic heterocycles. The highest BCUT2D eigenvalue weighted by molar-refractivity contribution is 7.80. The van der Waals surface area contributed by atoms with E-state index in [1.807, 2.05) is 0 Å². The first-order valence-corrected chi connectivity index (χ1v) is 5.07. The maximum Gasteiger partial charge on any atom is 0.397 e. The molecule has 0 heterocycles. The minimum Gasteiger partial charge on any atom is -0.457 e. The minimum absolute atomic E-state index is 0.198. The van der Waals surface area contributed by atoms with Gasteiger partial charge in [-0.15, -0.1) is 0 Å². The van der Waals surface area contributed by atoms with Gasteiger partial charge in [0.15, 0.2) is 0 Å². The van der Waals surface area contributed by atoms with E-state index in [4.69, 9.17) is 4.55 Å². The van der Waals surface area contributed by atoms with Crippen LogP contribution in [0.25, 0.3) is 0 Å². The molecule has 0 bridgehead atoms. The maximum atomic E-state index is 10.9. The number of carbonyl (C=O) groups is 1. The average Bonchev–Trinajstić information content (AvgIpc) is 1.99. The number of rotatable bonds is 5. The second-order valence-electron chi connectivity index (χ2n) is 2.71. The molecule has 14 heavy (non-hydrogen) atoms. The number of hydrogen-bond acceptors (Lipinski definition) is 5. The van der Waals surface area contributed by atoms with Crippen molar-refractivity contribution in [2.24, 2.45) is 0 Å². The van der Waals surface area contributed by atoms with Gasteiger partial charge >= 0.3 is 16.4 Å². The maximum absolute atomic E-state index is 10.9. The molecule has 0 fully saturated rings. The normalized spacial score (nSPS) is 13.4. The van der Waals surface area contributed by atoms with Crippen LogP contribution in [0.4, 0.5) is 0 Å². The third kappa shape index (κ3) is 6.58. The van der Waals surface area contributed by atoms with Crippen LogP contribution in [0.5, 0.6) is 0 Å². The molecule has 1 N–H and O–H groups in total. The summed E-state index contributed by atoms with van der Waals surface area (Å²) in [7, 11) is -4.49. The van der Waals surface area contributed by atoms with Crippen molar-refractivity contribution in [2.75, 3.05) is 6.61 Å². The molecule has 0 radical (unpaired) electrons. The van der Waals surface area contributed by atoms with Gasteiger partial charge in [0, 0.05) is 5.57 Å². The van der Waals surface area contributed by atoms with Crippen molar-refractivity contribution < 1.29 is 26.7 Å². The lowest BCUT2D eigenvalue weighted by molar-refractivity contribution is -0.144. The number of carbonyl (C=O) groups excluding carboxylic acids is 1. The van der Waals surface area contributed by atoms with E-state index in [0.717, 1.165) is 0 Å². The highest BCUT2D eigenvalue weighted by Crippen LogP contribution is 2.00. The summed E-state index contributed by atoms with van der Waals surface area (Å²) >= 11 is 0. The molecular formula is C7H12O6S. The Balaban J connectivity index is 3.94. The predicted molar refractivity (Wildman–Crippen MR) is 47.9 cm³/mol. The average molecular weight is 224 g/mol. The Kier molecular flexibility index (Phi) is 4.75. The standard InChI is InChI=1S/C7H12O6S/c1-5(2)7(8)13-6(3)4-12-14(9,10)11/h6H,1,4H2,2-3H3,(H,9,10,11). The van der Waals surface area contributed by atoms with Gasteiger partial charge in [0.2, 0.25) is 0 Å². The van der Waals surface area contributed by atoms with Crippen molar-refractivity contribution >= 4 is 16.4 Å². The zero-order valence-electron chi connectivity index (χ0n) is 7.89. The van der Waals surface area contributed by atoms with Crippen molar-refractivity contribution in [3.05, 3.63) is 12.2 Å². The fourth-order valence-corrected chi connectivity index (χ4v) is 0.863. The van der Waals surface area contributed by atoms with Gasteiger partial charge in [-0.2, -0.15) is 8.42 Å². The van der Waals surface area contributed by atoms with Gasteiger partial charge in [0.25, 0.3) is 0 Å². The van der Waals surface area contributed by atoms with Crippen molar-refractivity contribution in [2.45, 2.75) is 20.0 Å². The van der Waals surface area contributed by atoms with Gasteiger partial charge in [-0.25, -0.2) is 8.98 Å². The Morgan fingerprint density at radius 1 is 1.57 bits per heavy atom. The van der Waals surface area contributed by atoms with Crippen LogP contribution in [-0.4, -0.2) is 31.7 Å². The van der Waals surface area contributed by atoms with Crippen LogP contribution < -0.4 is 0 Å². The molecule has 0 amide bonds. The zero-order valence-corrected chi connectivity index (χ0v) is 8.70. The fourth-order valence-electron chi connectivity index (χ4n) is 0.499. The molecule has 0 aromatic carbocycles. The summed E-state index contributed by atoms with van der Waals surface area (Å²) in [6.45, 7) is 5.78. The number of hydrogen-bond donors (Lipinski definition) is 1. The predicted octanol–water partition coefficient (Wildman–Crippen LogP) is 0.314. The van der Waals surface area contributed by atoms with Crippen molar-refractivity contribution in [3.8, 4) is 0 Å². The lowest BCUT2D eigenvalue weighted by atomic mass is 10.3. The first kappa shape index (κ1) is 13.1. The highest BCUT2D eigenvalue weighted by atomic mass is 32.3. The molecule has 1 atom stereocenters. The molecule has 0 saturated carbocycles. The van der Waals surface area contributed by atoms with Crippen LogP contribution in [0.2, 0.25) is 0 Å². The Labute approximate surface area is 82.5 Å². The fraction of sp³-hybridized carbons (Fsp3) is 0.571. The van der Waals surface area contributed by atoms with E-state index in [9.17, 15) is 13.2 Å². The molecule has 7 heteroatoms. The van der Waals surface area contributed by atoms with E-state index in [2.05, 4.69) is 15.5 Å². The van der Waals surface area contributed by atoms with Crippen molar-refractivity contribution in [3.63, 3.8) is 0 Å². The second-order valence-corrected chi connectivity index (χ2v) is 3.80. The largest absolute Gasteiger partial charge is 0.457 e. The SMILES string of the molecule is C=C(C)C(=O)OC(C)COS(=O)(=O)O. The van der Waals surface area contributed by atoms with Crippen LogP contribution in [0.15, 0.2) is 12.2 Å². The summed E-state index contributed by atoms with van der Waals surface area (Å²) in [6, 6.07) is 0. The third-order valence-corrected chi connectivity index (χ3v) is 1.54. The zero-order chi connectivity index (χ0) is 11.4. The molecule has 6 nitrogen and oxygen atoms in total. The van der Waals surface area contributed by atoms with Gasteiger partial charge in [-0.3, -0.25) is 4.55 Å². The molecule has 0 aliphatic heterocycles. The topological polar surface area (TPSA) is 89.9 Å². The van der Waals surface area contributed by atoms with Crippen molar-refractivity contribution in [1.29, 1.82) is 0 Å². The summed E-state index contributed by atoms with van der Waals surface area (Å²) in [5.74, 6) is -0.642. The lowest BCUT2D eigenvalue weighted by Crippen LogP contribution is -2.22.